The van der Waals surface area contributed by atoms with E-state index in [1.165, 1.54) is 0 Å². The Hall–Kier alpha value is -2.14. The van der Waals surface area contributed by atoms with Crippen LogP contribution in [0.1, 0.15) is 34.4 Å². The second-order valence-corrected chi connectivity index (χ2v) is 6.11. The summed E-state index contributed by atoms with van der Waals surface area (Å²) in [5.74, 6) is 0.0983. The van der Waals surface area contributed by atoms with Crippen molar-refractivity contribution in [2.24, 2.45) is 0 Å². The van der Waals surface area contributed by atoms with Gasteiger partial charge in [-0.1, -0.05) is 6.07 Å². The van der Waals surface area contributed by atoms with Crippen molar-refractivity contribution >= 4 is 5.91 Å². The number of amides is 1. The van der Waals surface area contributed by atoms with E-state index in [9.17, 15) is 4.79 Å². The maximum Gasteiger partial charge on any atom is 0.256 e. The smallest absolute Gasteiger partial charge is 0.256 e. The van der Waals surface area contributed by atoms with Crippen molar-refractivity contribution in [1.29, 1.82) is 0 Å². The number of morpholine rings is 1. The SMILES string of the molecule is Cc1cc(C(=O)N2CCOC[C@H]2C)c(C)n1Cc1ccccn1. The summed E-state index contributed by atoms with van der Waals surface area (Å²) in [6.45, 7) is 8.64. The molecule has 1 fully saturated rings. The van der Waals surface area contributed by atoms with Crippen LogP contribution in [-0.4, -0.2) is 46.2 Å². The van der Waals surface area contributed by atoms with Crippen molar-refractivity contribution in [3.63, 3.8) is 0 Å². The van der Waals surface area contributed by atoms with Crippen LogP contribution in [0.15, 0.2) is 30.5 Å². The molecule has 0 aliphatic carbocycles. The summed E-state index contributed by atoms with van der Waals surface area (Å²) in [4.78, 5) is 19.2. The van der Waals surface area contributed by atoms with Gasteiger partial charge in [0.15, 0.2) is 0 Å². The largest absolute Gasteiger partial charge is 0.377 e. The topological polar surface area (TPSA) is 47.4 Å². The average molecular weight is 313 g/mol. The fourth-order valence-corrected chi connectivity index (χ4v) is 3.10. The Morgan fingerprint density at radius 1 is 1.39 bits per heavy atom. The average Bonchev–Trinajstić information content (AvgIpc) is 2.84. The lowest BCUT2D eigenvalue weighted by molar-refractivity contribution is 0.00355. The fourth-order valence-electron chi connectivity index (χ4n) is 3.10. The minimum atomic E-state index is 0.0983. The van der Waals surface area contributed by atoms with E-state index in [0.29, 0.717) is 26.3 Å². The van der Waals surface area contributed by atoms with Crippen molar-refractivity contribution < 1.29 is 9.53 Å². The van der Waals surface area contributed by atoms with E-state index in [0.717, 1.165) is 22.6 Å². The number of nitrogens with zero attached hydrogens (tertiary/aromatic N) is 3. The molecule has 23 heavy (non-hydrogen) atoms. The number of aryl methyl sites for hydroxylation is 1. The highest BCUT2D eigenvalue weighted by Crippen LogP contribution is 2.20. The van der Waals surface area contributed by atoms with Crippen LogP contribution >= 0.6 is 0 Å². The number of carbonyl (C=O) groups is 1. The molecule has 0 saturated carbocycles. The number of hydrogen-bond donors (Lipinski definition) is 0. The molecule has 1 atom stereocenters. The molecule has 1 saturated heterocycles. The molecule has 0 unspecified atom stereocenters. The van der Waals surface area contributed by atoms with E-state index in [1.54, 1.807) is 6.20 Å². The maximum atomic E-state index is 12.9. The molecule has 1 aliphatic heterocycles. The Labute approximate surface area is 136 Å². The van der Waals surface area contributed by atoms with E-state index < -0.39 is 0 Å². The zero-order valence-electron chi connectivity index (χ0n) is 14.0. The van der Waals surface area contributed by atoms with Crippen LogP contribution in [0.4, 0.5) is 0 Å². The molecule has 122 valence electrons. The Balaban J connectivity index is 1.86. The minimum absolute atomic E-state index is 0.0983. The first-order chi connectivity index (χ1) is 11.1. The summed E-state index contributed by atoms with van der Waals surface area (Å²) in [6, 6.07) is 8.01. The predicted molar refractivity (Wildman–Crippen MR) is 88.6 cm³/mol. The predicted octanol–water partition coefficient (Wildman–Crippen LogP) is 2.41. The molecule has 2 aromatic heterocycles. The molecule has 2 aromatic rings. The second-order valence-electron chi connectivity index (χ2n) is 6.11. The van der Waals surface area contributed by atoms with Crippen LogP contribution in [0.25, 0.3) is 0 Å². The molecule has 3 heterocycles. The molecule has 0 aromatic carbocycles. The number of hydrogen-bond acceptors (Lipinski definition) is 3. The number of carbonyl (C=O) groups excluding carboxylic acids is 1. The molecular formula is C18H23N3O2. The standard InChI is InChI=1S/C18H23N3O2/c1-13-10-17(18(22)20-8-9-23-12-14(20)2)15(3)21(13)11-16-6-4-5-7-19-16/h4-7,10,14H,8-9,11-12H2,1-3H3/t14-/m1/s1. The summed E-state index contributed by atoms with van der Waals surface area (Å²) < 4.78 is 7.58. The first kappa shape index (κ1) is 15.7. The Kier molecular flexibility index (Phi) is 4.48. The number of ether oxygens (including phenoxy) is 1. The number of rotatable bonds is 3. The fraction of sp³-hybridized carbons (Fsp3) is 0.444. The van der Waals surface area contributed by atoms with Crippen LogP contribution in [0, 0.1) is 13.8 Å². The highest BCUT2D eigenvalue weighted by Gasteiger charge is 2.27. The van der Waals surface area contributed by atoms with Gasteiger partial charge in [-0.3, -0.25) is 9.78 Å². The summed E-state index contributed by atoms with van der Waals surface area (Å²) in [6.07, 6.45) is 1.80. The van der Waals surface area contributed by atoms with Crippen LogP contribution in [0.5, 0.6) is 0 Å². The van der Waals surface area contributed by atoms with Gasteiger partial charge >= 0.3 is 0 Å². The van der Waals surface area contributed by atoms with Gasteiger partial charge in [-0.2, -0.15) is 0 Å². The number of pyridine rings is 1. The van der Waals surface area contributed by atoms with E-state index in [4.69, 9.17) is 4.74 Å². The van der Waals surface area contributed by atoms with Gasteiger partial charge in [-0.05, 0) is 39.0 Å². The molecule has 0 radical (unpaired) electrons. The van der Waals surface area contributed by atoms with E-state index in [1.807, 2.05) is 49.9 Å². The summed E-state index contributed by atoms with van der Waals surface area (Å²) in [5, 5.41) is 0. The second kappa shape index (κ2) is 6.54. The van der Waals surface area contributed by atoms with Crippen LogP contribution < -0.4 is 0 Å². The molecule has 5 nitrogen and oxygen atoms in total. The molecule has 0 spiro atoms. The molecular weight excluding hydrogens is 290 g/mol. The Morgan fingerprint density at radius 3 is 2.91 bits per heavy atom. The van der Waals surface area contributed by atoms with Gasteiger partial charge in [0.25, 0.3) is 5.91 Å². The van der Waals surface area contributed by atoms with Crippen LogP contribution in [-0.2, 0) is 11.3 Å². The van der Waals surface area contributed by atoms with Gasteiger partial charge in [0.1, 0.15) is 0 Å². The third kappa shape index (κ3) is 3.15. The lowest BCUT2D eigenvalue weighted by atomic mass is 10.1. The normalized spacial score (nSPS) is 18.2. The molecule has 1 aliphatic rings. The van der Waals surface area contributed by atoms with Gasteiger partial charge in [0.05, 0.1) is 37.1 Å². The summed E-state index contributed by atoms with van der Waals surface area (Å²) in [5.41, 5.74) is 3.86. The van der Waals surface area contributed by atoms with Gasteiger partial charge in [-0.25, -0.2) is 0 Å². The minimum Gasteiger partial charge on any atom is -0.377 e. The van der Waals surface area contributed by atoms with Crippen LogP contribution in [0.2, 0.25) is 0 Å². The summed E-state index contributed by atoms with van der Waals surface area (Å²) >= 11 is 0. The van der Waals surface area contributed by atoms with Gasteiger partial charge in [-0.15, -0.1) is 0 Å². The van der Waals surface area contributed by atoms with Gasteiger partial charge in [0.2, 0.25) is 0 Å². The number of aromatic nitrogens is 2. The Morgan fingerprint density at radius 2 is 2.22 bits per heavy atom. The quantitative estimate of drug-likeness (QED) is 0.874. The monoisotopic (exact) mass is 313 g/mol. The lowest BCUT2D eigenvalue weighted by Gasteiger charge is -2.33. The molecule has 0 N–H and O–H groups in total. The van der Waals surface area contributed by atoms with Crippen molar-refractivity contribution in [1.82, 2.24) is 14.5 Å². The molecule has 1 amide bonds. The highest BCUT2D eigenvalue weighted by molar-refractivity contribution is 5.96. The van der Waals surface area contributed by atoms with Gasteiger partial charge < -0.3 is 14.2 Å². The van der Waals surface area contributed by atoms with E-state index in [2.05, 4.69) is 9.55 Å². The summed E-state index contributed by atoms with van der Waals surface area (Å²) in [7, 11) is 0. The third-order valence-corrected chi connectivity index (χ3v) is 4.48. The van der Waals surface area contributed by atoms with Crippen molar-refractivity contribution in [2.75, 3.05) is 19.8 Å². The Bertz CT molecular complexity index is 694. The molecule has 5 heteroatoms. The molecule has 3 rings (SSSR count). The van der Waals surface area contributed by atoms with Crippen molar-refractivity contribution in [3.8, 4) is 0 Å². The highest BCUT2D eigenvalue weighted by atomic mass is 16.5. The zero-order chi connectivity index (χ0) is 16.4. The maximum absolute atomic E-state index is 12.9. The molecule has 0 bridgehead atoms. The van der Waals surface area contributed by atoms with Crippen molar-refractivity contribution in [2.45, 2.75) is 33.4 Å². The lowest BCUT2D eigenvalue weighted by Crippen LogP contribution is -2.47. The van der Waals surface area contributed by atoms with E-state index >= 15 is 0 Å². The van der Waals surface area contributed by atoms with Crippen molar-refractivity contribution in [3.05, 3.63) is 53.1 Å². The zero-order valence-corrected chi connectivity index (χ0v) is 14.0. The van der Waals surface area contributed by atoms with Crippen LogP contribution in [0.3, 0.4) is 0 Å². The third-order valence-electron chi connectivity index (χ3n) is 4.48. The van der Waals surface area contributed by atoms with E-state index in [-0.39, 0.29) is 11.9 Å². The van der Waals surface area contributed by atoms with Gasteiger partial charge in [0, 0.05) is 24.1 Å². The first-order valence-electron chi connectivity index (χ1n) is 8.03. The first-order valence-corrected chi connectivity index (χ1v) is 8.03.